The van der Waals surface area contributed by atoms with Gasteiger partial charge in [0.1, 0.15) is 5.75 Å². The van der Waals surface area contributed by atoms with Gasteiger partial charge in [0.05, 0.1) is 18.8 Å². The highest BCUT2D eigenvalue weighted by Gasteiger charge is 2.31. The summed E-state index contributed by atoms with van der Waals surface area (Å²) in [5, 5.41) is 6.39. The molecule has 0 saturated carbocycles. The van der Waals surface area contributed by atoms with E-state index in [1.54, 1.807) is 18.2 Å². The van der Waals surface area contributed by atoms with E-state index in [1.165, 1.54) is 0 Å². The number of ether oxygens (including phenoxy) is 1. The predicted octanol–water partition coefficient (Wildman–Crippen LogP) is 3.38. The third kappa shape index (κ3) is 4.75. The van der Waals surface area contributed by atoms with E-state index in [0.717, 1.165) is 17.7 Å². The number of halogens is 1. The molecule has 0 unspecified atom stereocenters. The number of hydrogen-bond acceptors (Lipinski definition) is 4. The van der Waals surface area contributed by atoms with Gasteiger partial charge in [-0.2, -0.15) is 0 Å². The van der Waals surface area contributed by atoms with Gasteiger partial charge in [-0.15, -0.1) is 0 Å². The molecule has 2 N–H and O–H groups in total. The lowest BCUT2D eigenvalue weighted by molar-refractivity contribution is -0.128. The van der Waals surface area contributed by atoms with Crippen molar-refractivity contribution in [3.8, 4) is 5.75 Å². The molecule has 0 aromatic heterocycles. The Morgan fingerprint density at radius 1 is 1.25 bits per heavy atom. The highest BCUT2D eigenvalue weighted by molar-refractivity contribution is 6.30. The number of aryl methyl sites for hydroxylation is 1. The van der Waals surface area contributed by atoms with Crippen LogP contribution in [0.15, 0.2) is 42.5 Å². The Balaban J connectivity index is 1.73. The molecule has 2 amide bonds. The van der Waals surface area contributed by atoms with E-state index in [1.807, 2.05) is 43.0 Å². The molecule has 7 heteroatoms. The lowest BCUT2D eigenvalue weighted by Gasteiger charge is -2.35. The number of amides is 2. The molecule has 28 heavy (non-hydrogen) atoms. The van der Waals surface area contributed by atoms with E-state index < -0.39 is 6.10 Å². The van der Waals surface area contributed by atoms with Gasteiger partial charge in [-0.05, 0) is 49.2 Å². The topological polar surface area (TPSA) is 70.7 Å². The van der Waals surface area contributed by atoms with Crippen molar-refractivity contribution in [3.05, 3.63) is 53.1 Å². The Labute approximate surface area is 169 Å². The van der Waals surface area contributed by atoms with Crippen molar-refractivity contribution in [1.82, 2.24) is 5.32 Å². The molecule has 6 nitrogen and oxygen atoms in total. The smallest absolute Gasteiger partial charge is 0.262 e. The summed E-state index contributed by atoms with van der Waals surface area (Å²) in [4.78, 5) is 26.9. The Bertz CT molecular complexity index is 872. The van der Waals surface area contributed by atoms with Crippen LogP contribution >= 0.6 is 11.6 Å². The molecular weight excluding hydrogens is 378 g/mol. The fourth-order valence-corrected chi connectivity index (χ4v) is 3.31. The number of anilines is 2. The van der Waals surface area contributed by atoms with E-state index in [4.69, 9.17) is 16.3 Å². The Morgan fingerprint density at radius 3 is 2.79 bits per heavy atom. The quantitative estimate of drug-likeness (QED) is 0.778. The maximum atomic E-state index is 12.6. The average Bonchev–Trinajstić information content (AvgIpc) is 2.68. The Kier molecular flexibility index (Phi) is 6.41. The van der Waals surface area contributed by atoms with Crippen molar-refractivity contribution in [3.63, 3.8) is 0 Å². The predicted molar refractivity (Wildman–Crippen MR) is 111 cm³/mol. The van der Waals surface area contributed by atoms with Gasteiger partial charge in [-0.3, -0.25) is 9.59 Å². The van der Waals surface area contributed by atoms with E-state index in [0.29, 0.717) is 29.5 Å². The summed E-state index contributed by atoms with van der Waals surface area (Å²) >= 11 is 5.97. The molecule has 148 valence electrons. The van der Waals surface area contributed by atoms with E-state index >= 15 is 0 Å². The third-order valence-corrected chi connectivity index (χ3v) is 4.74. The molecular formula is C21H24ClN3O3. The summed E-state index contributed by atoms with van der Waals surface area (Å²) in [5.41, 5.74) is 2.40. The first kappa shape index (κ1) is 20.0. The van der Waals surface area contributed by atoms with Gasteiger partial charge in [-0.1, -0.05) is 30.7 Å². The minimum atomic E-state index is -0.661. The molecule has 0 fully saturated rings. The first-order valence-electron chi connectivity index (χ1n) is 9.32. The lowest BCUT2D eigenvalue weighted by atomic mass is 10.1. The molecule has 1 heterocycles. The van der Waals surface area contributed by atoms with E-state index in [2.05, 4.69) is 10.6 Å². The summed E-state index contributed by atoms with van der Waals surface area (Å²) in [6.45, 7) is 4.89. The molecule has 0 radical (unpaired) electrons. The zero-order valence-corrected chi connectivity index (χ0v) is 16.8. The van der Waals surface area contributed by atoms with E-state index in [9.17, 15) is 9.59 Å². The SMILES string of the molecule is CCCNC(=O)[C@H]1CN(CC(=O)Nc2ccc(Cl)cc2C)c2ccccc2O1. The van der Waals surface area contributed by atoms with Crippen molar-refractivity contribution in [2.24, 2.45) is 0 Å². The number of para-hydroxylation sites is 2. The summed E-state index contributed by atoms with van der Waals surface area (Å²) in [6, 6.07) is 12.7. The summed E-state index contributed by atoms with van der Waals surface area (Å²) < 4.78 is 5.85. The van der Waals surface area contributed by atoms with Crippen molar-refractivity contribution in [2.45, 2.75) is 26.4 Å². The highest BCUT2D eigenvalue weighted by Crippen LogP contribution is 2.33. The van der Waals surface area contributed by atoms with Gasteiger partial charge >= 0.3 is 0 Å². The number of nitrogens with one attached hydrogen (secondary N) is 2. The fraction of sp³-hybridized carbons (Fsp3) is 0.333. The molecule has 3 rings (SSSR count). The normalized spacial score (nSPS) is 15.4. The molecule has 0 spiro atoms. The second-order valence-corrected chi connectivity index (χ2v) is 7.19. The first-order valence-corrected chi connectivity index (χ1v) is 9.70. The zero-order valence-electron chi connectivity index (χ0n) is 16.0. The van der Waals surface area contributed by atoms with Crippen LogP contribution in [0.5, 0.6) is 5.75 Å². The molecule has 0 aliphatic carbocycles. The maximum absolute atomic E-state index is 12.6. The maximum Gasteiger partial charge on any atom is 0.262 e. The largest absolute Gasteiger partial charge is 0.477 e. The number of rotatable bonds is 6. The van der Waals surface area contributed by atoms with Crippen LogP contribution in [0.25, 0.3) is 0 Å². The van der Waals surface area contributed by atoms with Crippen LogP contribution in [0.4, 0.5) is 11.4 Å². The summed E-state index contributed by atoms with van der Waals surface area (Å²) in [6.07, 6.45) is 0.188. The first-order chi connectivity index (χ1) is 13.5. The summed E-state index contributed by atoms with van der Waals surface area (Å²) in [7, 11) is 0. The molecule has 2 aromatic carbocycles. The Hall–Kier alpha value is -2.73. The van der Waals surface area contributed by atoms with Gasteiger partial charge < -0.3 is 20.3 Å². The van der Waals surface area contributed by atoms with Crippen molar-refractivity contribution in [2.75, 3.05) is 29.9 Å². The standard InChI is InChI=1S/C21H24ClN3O3/c1-3-10-23-21(27)19-12-25(17-6-4-5-7-18(17)28-19)13-20(26)24-16-9-8-15(22)11-14(16)2/h4-9,11,19H,3,10,12-13H2,1-2H3,(H,23,27)(H,24,26)/t19-/m1/s1. The number of carbonyl (C=O) groups excluding carboxylic acids is 2. The van der Waals surface area contributed by atoms with Crippen molar-refractivity contribution in [1.29, 1.82) is 0 Å². The number of benzene rings is 2. The average molecular weight is 402 g/mol. The molecule has 1 aliphatic heterocycles. The summed E-state index contributed by atoms with van der Waals surface area (Å²) in [5.74, 6) is 0.256. The second kappa shape index (κ2) is 8.97. The van der Waals surface area contributed by atoms with Gasteiger partial charge in [0.15, 0.2) is 6.10 Å². The van der Waals surface area contributed by atoms with Gasteiger partial charge in [0.25, 0.3) is 5.91 Å². The molecule has 2 aromatic rings. The van der Waals surface area contributed by atoms with Gasteiger partial charge in [0.2, 0.25) is 5.91 Å². The minimum absolute atomic E-state index is 0.111. The van der Waals surface area contributed by atoms with Crippen LogP contribution < -0.4 is 20.3 Å². The third-order valence-electron chi connectivity index (χ3n) is 4.50. The zero-order chi connectivity index (χ0) is 20.1. The van der Waals surface area contributed by atoms with Crippen LogP contribution in [0.3, 0.4) is 0 Å². The minimum Gasteiger partial charge on any atom is -0.477 e. The highest BCUT2D eigenvalue weighted by atomic mass is 35.5. The lowest BCUT2D eigenvalue weighted by Crippen LogP contribution is -2.50. The van der Waals surface area contributed by atoms with Crippen LogP contribution in [-0.4, -0.2) is 37.6 Å². The van der Waals surface area contributed by atoms with Crippen molar-refractivity contribution >= 4 is 34.8 Å². The van der Waals surface area contributed by atoms with Crippen LogP contribution in [0, 0.1) is 6.92 Å². The van der Waals surface area contributed by atoms with Crippen LogP contribution in [0.2, 0.25) is 5.02 Å². The molecule has 1 aliphatic rings. The van der Waals surface area contributed by atoms with Crippen LogP contribution in [-0.2, 0) is 9.59 Å². The number of nitrogens with zero attached hydrogens (tertiary/aromatic N) is 1. The van der Waals surface area contributed by atoms with Gasteiger partial charge in [0, 0.05) is 17.3 Å². The second-order valence-electron chi connectivity index (χ2n) is 6.75. The van der Waals surface area contributed by atoms with Gasteiger partial charge in [-0.25, -0.2) is 0 Å². The molecule has 0 saturated heterocycles. The van der Waals surface area contributed by atoms with Crippen molar-refractivity contribution < 1.29 is 14.3 Å². The monoisotopic (exact) mass is 401 g/mol. The fourth-order valence-electron chi connectivity index (χ4n) is 3.09. The molecule has 1 atom stereocenters. The van der Waals surface area contributed by atoms with E-state index in [-0.39, 0.29) is 18.4 Å². The molecule has 0 bridgehead atoms. The Morgan fingerprint density at radius 2 is 2.04 bits per heavy atom. The van der Waals surface area contributed by atoms with Crippen LogP contribution in [0.1, 0.15) is 18.9 Å². The number of hydrogen-bond donors (Lipinski definition) is 2. The number of carbonyl (C=O) groups is 2. The number of fused-ring (bicyclic) bond motifs is 1.